The smallest absolute Gasteiger partial charge is 0.311 e. The number of halogens is 1. The SMILES string of the molecule is CCOC(=O)[C@@H]1[C@@H]2C[C@@H](/C(=C\c3cccc(Cl)c3)C2=O)[C@@]12C(=O)N(C)c1ccccc12. The molecule has 5 rings (SSSR count). The van der Waals surface area contributed by atoms with E-state index in [9.17, 15) is 14.4 Å². The lowest BCUT2D eigenvalue weighted by molar-refractivity contribution is -0.156. The van der Waals surface area contributed by atoms with Gasteiger partial charge in [-0.2, -0.15) is 0 Å². The first-order chi connectivity index (χ1) is 14.9. The van der Waals surface area contributed by atoms with Crippen molar-refractivity contribution in [1.29, 1.82) is 0 Å². The summed E-state index contributed by atoms with van der Waals surface area (Å²) in [6, 6.07) is 14.8. The Bertz CT molecular complexity index is 1160. The van der Waals surface area contributed by atoms with E-state index < -0.39 is 29.1 Å². The molecule has 1 spiro atoms. The van der Waals surface area contributed by atoms with Gasteiger partial charge in [0.05, 0.1) is 17.9 Å². The van der Waals surface area contributed by atoms with Gasteiger partial charge in [-0.3, -0.25) is 14.4 Å². The molecule has 0 N–H and O–H groups in total. The maximum Gasteiger partial charge on any atom is 0.311 e. The van der Waals surface area contributed by atoms with E-state index in [4.69, 9.17) is 16.3 Å². The predicted octanol–water partition coefficient (Wildman–Crippen LogP) is 4.04. The molecule has 2 aromatic carbocycles. The van der Waals surface area contributed by atoms with Crippen molar-refractivity contribution in [3.05, 3.63) is 70.3 Å². The maximum absolute atomic E-state index is 13.8. The fourth-order valence-electron chi connectivity index (χ4n) is 5.91. The summed E-state index contributed by atoms with van der Waals surface area (Å²) in [7, 11) is 1.73. The number of nitrogens with zero attached hydrogens (tertiary/aromatic N) is 1. The van der Waals surface area contributed by atoms with E-state index in [1.807, 2.05) is 42.5 Å². The van der Waals surface area contributed by atoms with Crippen molar-refractivity contribution >= 4 is 41.0 Å². The fourth-order valence-corrected chi connectivity index (χ4v) is 6.11. The monoisotopic (exact) mass is 435 g/mol. The zero-order valence-corrected chi connectivity index (χ0v) is 18.1. The van der Waals surface area contributed by atoms with Gasteiger partial charge in [0, 0.05) is 35.2 Å². The van der Waals surface area contributed by atoms with E-state index >= 15 is 0 Å². The highest BCUT2D eigenvalue weighted by Gasteiger charge is 2.73. The van der Waals surface area contributed by atoms with Crippen LogP contribution in [0.5, 0.6) is 0 Å². The van der Waals surface area contributed by atoms with Crippen LogP contribution in [0.25, 0.3) is 6.08 Å². The summed E-state index contributed by atoms with van der Waals surface area (Å²) in [6.45, 7) is 1.94. The largest absolute Gasteiger partial charge is 0.466 e. The molecular weight excluding hydrogens is 414 g/mol. The highest BCUT2D eigenvalue weighted by molar-refractivity contribution is 6.30. The summed E-state index contributed by atoms with van der Waals surface area (Å²) in [6.07, 6.45) is 2.29. The Hall–Kier alpha value is -2.92. The third-order valence-electron chi connectivity index (χ3n) is 7.01. The van der Waals surface area contributed by atoms with Crippen molar-refractivity contribution in [3.8, 4) is 0 Å². The molecule has 1 heterocycles. The molecule has 158 valence electrons. The van der Waals surface area contributed by atoms with Crippen molar-refractivity contribution in [3.63, 3.8) is 0 Å². The highest BCUT2D eigenvalue weighted by Crippen LogP contribution is 2.65. The summed E-state index contributed by atoms with van der Waals surface area (Å²) in [4.78, 5) is 41.9. The molecule has 2 fully saturated rings. The molecule has 31 heavy (non-hydrogen) atoms. The number of amides is 1. The number of benzene rings is 2. The maximum atomic E-state index is 13.8. The normalized spacial score (nSPS) is 29.8. The summed E-state index contributed by atoms with van der Waals surface area (Å²) < 4.78 is 5.38. The lowest BCUT2D eigenvalue weighted by atomic mass is 9.60. The van der Waals surface area contributed by atoms with E-state index in [0.717, 1.165) is 16.8 Å². The summed E-state index contributed by atoms with van der Waals surface area (Å²) in [5, 5.41) is 0.575. The summed E-state index contributed by atoms with van der Waals surface area (Å²) in [5.74, 6) is -2.48. The zero-order chi connectivity index (χ0) is 21.9. The van der Waals surface area contributed by atoms with Crippen LogP contribution >= 0.6 is 11.6 Å². The van der Waals surface area contributed by atoms with Crippen LogP contribution in [0.2, 0.25) is 5.02 Å². The van der Waals surface area contributed by atoms with Gasteiger partial charge in [-0.25, -0.2) is 0 Å². The third-order valence-corrected chi connectivity index (χ3v) is 7.24. The molecule has 0 saturated heterocycles. The first-order valence-electron chi connectivity index (χ1n) is 10.5. The van der Waals surface area contributed by atoms with Crippen LogP contribution < -0.4 is 4.90 Å². The molecule has 2 aromatic rings. The van der Waals surface area contributed by atoms with Crippen molar-refractivity contribution in [2.45, 2.75) is 18.8 Å². The Balaban J connectivity index is 1.73. The number of para-hydroxylation sites is 1. The zero-order valence-electron chi connectivity index (χ0n) is 17.3. The minimum atomic E-state index is -1.12. The van der Waals surface area contributed by atoms with Gasteiger partial charge in [0.25, 0.3) is 0 Å². The summed E-state index contributed by atoms with van der Waals surface area (Å²) >= 11 is 6.14. The number of hydrogen-bond acceptors (Lipinski definition) is 4. The van der Waals surface area contributed by atoms with Crippen molar-refractivity contribution < 1.29 is 19.1 Å². The quantitative estimate of drug-likeness (QED) is 0.539. The van der Waals surface area contributed by atoms with Crippen LogP contribution in [0.4, 0.5) is 5.69 Å². The Morgan fingerprint density at radius 1 is 1.23 bits per heavy atom. The minimum absolute atomic E-state index is 0.0755. The van der Waals surface area contributed by atoms with E-state index in [0.29, 0.717) is 17.0 Å². The molecule has 0 radical (unpaired) electrons. The number of esters is 1. The minimum Gasteiger partial charge on any atom is -0.466 e. The van der Waals surface area contributed by atoms with Crippen LogP contribution in [-0.4, -0.2) is 31.3 Å². The highest BCUT2D eigenvalue weighted by atomic mass is 35.5. The number of allylic oxidation sites excluding steroid dienone is 1. The topological polar surface area (TPSA) is 63.7 Å². The van der Waals surface area contributed by atoms with Crippen molar-refractivity contribution in [2.75, 3.05) is 18.6 Å². The Morgan fingerprint density at radius 2 is 2.00 bits per heavy atom. The second-order valence-electron chi connectivity index (χ2n) is 8.39. The molecule has 2 saturated carbocycles. The van der Waals surface area contributed by atoms with Gasteiger partial charge in [0.1, 0.15) is 0 Å². The average Bonchev–Trinajstić information content (AvgIpc) is 3.34. The number of carbonyl (C=O) groups is 3. The van der Waals surface area contributed by atoms with Gasteiger partial charge in [0.15, 0.2) is 5.78 Å². The van der Waals surface area contributed by atoms with Crippen LogP contribution in [-0.2, 0) is 24.5 Å². The molecule has 6 heteroatoms. The average molecular weight is 436 g/mol. The van der Waals surface area contributed by atoms with Crippen molar-refractivity contribution in [1.82, 2.24) is 0 Å². The molecule has 0 aromatic heterocycles. The number of ketones is 1. The predicted molar refractivity (Wildman–Crippen MR) is 118 cm³/mol. The molecule has 0 unspecified atom stereocenters. The molecule has 4 atom stereocenters. The Labute approximate surface area is 185 Å². The Kier molecular flexibility index (Phi) is 4.56. The van der Waals surface area contributed by atoms with E-state index in [1.54, 1.807) is 31.0 Å². The van der Waals surface area contributed by atoms with E-state index in [2.05, 4.69) is 0 Å². The number of anilines is 1. The van der Waals surface area contributed by atoms with Crippen molar-refractivity contribution in [2.24, 2.45) is 17.8 Å². The van der Waals surface area contributed by atoms with Crippen LogP contribution in [0.1, 0.15) is 24.5 Å². The number of fused-ring (bicyclic) bond motifs is 5. The van der Waals surface area contributed by atoms with Crippen LogP contribution in [0.3, 0.4) is 0 Å². The number of carbonyl (C=O) groups excluding carboxylic acids is 3. The first kappa shape index (κ1) is 20.0. The number of Topliss-reactive ketones (excluding diaryl/α,β-unsaturated/α-hetero) is 1. The van der Waals surface area contributed by atoms with Crippen LogP contribution in [0, 0.1) is 17.8 Å². The Morgan fingerprint density at radius 3 is 2.74 bits per heavy atom. The van der Waals surface area contributed by atoms with Gasteiger partial charge in [-0.1, -0.05) is 41.9 Å². The molecule has 1 aliphatic heterocycles. The summed E-state index contributed by atoms with van der Waals surface area (Å²) in [5.41, 5.74) is 1.85. The number of ether oxygens (including phenoxy) is 1. The molecule has 2 aliphatic carbocycles. The molecule has 2 bridgehead atoms. The van der Waals surface area contributed by atoms with E-state index in [-0.39, 0.29) is 18.3 Å². The second-order valence-corrected chi connectivity index (χ2v) is 8.83. The molecule has 3 aliphatic rings. The molecule has 1 amide bonds. The lowest BCUT2D eigenvalue weighted by Crippen LogP contribution is -2.54. The second kappa shape index (κ2) is 7.06. The van der Waals surface area contributed by atoms with E-state index in [1.165, 1.54) is 0 Å². The lowest BCUT2D eigenvalue weighted by Gasteiger charge is -2.39. The van der Waals surface area contributed by atoms with Gasteiger partial charge in [0.2, 0.25) is 5.91 Å². The number of hydrogen-bond donors (Lipinski definition) is 0. The van der Waals surface area contributed by atoms with Gasteiger partial charge < -0.3 is 9.64 Å². The fraction of sp³-hybridized carbons (Fsp3) is 0.320. The molecule has 5 nitrogen and oxygen atoms in total. The standard InChI is InChI=1S/C25H22ClNO4/c1-3-31-23(29)21-17-13-19(16(22(17)28)12-14-7-6-8-15(26)11-14)25(21)18-9-4-5-10-20(18)27(2)24(25)30/h4-12,17,19,21H,3,13H2,1-2H3/b16-12+/t17-,19-,21-,25+/m0/s1. The number of likely N-dealkylation sites (N-methyl/N-ethyl adjacent to an activating group) is 1. The van der Waals surface area contributed by atoms with Crippen LogP contribution in [0.15, 0.2) is 54.1 Å². The van der Waals surface area contributed by atoms with Gasteiger partial charge in [-0.05, 0) is 48.7 Å². The van der Waals surface area contributed by atoms with Gasteiger partial charge >= 0.3 is 5.97 Å². The van der Waals surface area contributed by atoms with Gasteiger partial charge in [-0.15, -0.1) is 0 Å². The first-order valence-corrected chi connectivity index (χ1v) is 10.8. The molecular formula is C25H22ClNO4. The number of rotatable bonds is 3. The third kappa shape index (κ3) is 2.59.